The van der Waals surface area contributed by atoms with E-state index < -0.39 is 0 Å². The maximum absolute atomic E-state index is 11.7. The first-order chi connectivity index (χ1) is 10.0. The largest absolute Gasteiger partial charge is 0.338 e. The number of hydrogen-bond acceptors (Lipinski definition) is 2. The predicted octanol–water partition coefficient (Wildman–Crippen LogP) is 4.16. The van der Waals surface area contributed by atoms with Crippen molar-refractivity contribution in [3.63, 3.8) is 0 Å². The Hall–Kier alpha value is -1.24. The molecule has 1 heterocycles. The molecule has 0 bridgehead atoms. The van der Waals surface area contributed by atoms with Crippen molar-refractivity contribution in [1.82, 2.24) is 15.1 Å². The zero-order chi connectivity index (χ0) is 15.2. The molecule has 2 amide bonds. The molecule has 5 nitrogen and oxygen atoms in total. The van der Waals surface area contributed by atoms with Gasteiger partial charge in [-0.1, -0.05) is 23.2 Å². The molecule has 8 heteroatoms. The van der Waals surface area contributed by atoms with Crippen molar-refractivity contribution >= 4 is 50.9 Å². The molecule has 2 rings (SSSR count). The van der Waals surface area contributed by atoms with Crippen molar-refractivity contribution < 1.29 is 4.79 Å². The third-order valence-corrected chi connectivity index (χ3v) is 3.59. The highest BCUT2D eigenvalue weighted by Crippen LogP contribution is 2.25. The van der Waals surface area contributed by atoms with Gasteiger partial charge in [-0.05, 0) is 40.5 Å². The third-order valence-electron chi connectivity index (χ3n) is 2.63. The fourth-order valence-electron chi connectivity index (χ4n) is 1.66. The van der Waals surface area contributed by atoms with Crippen LogP contribution in [0.15, 0.2) is 35.1 Å². The van der Waals surface area contributed by atoms with E-state index in [4.69, 9.17) is 23.2 Å². The molecule has 0 saturated carbocycles. The first-order valence-corrected chi connectivity index (χ1v) is 7.77. The fraction of sp³-hybridized carbons (Fsp3) is 0.231. The minimum Gasteiger partial charge on any atom is -0.338 e. The first kappa shape index (κ1) is 16.1. The molecule has 0 aliphatic heterocycles. The number of aromatic nitrogens is 2. The van der Waals surface area contributed by atoms with Gasteiger partial charge in [0, 0.05) is 24.3 Å². The van der Waals surface area contributed by atoms with Gasteiger partial charge in [0.05, 0.1) is 21.4 Å². The highest BCUT2D eigenvalue weighted by atomic mass is 79.9. The lowest BCUT2D eigenvalue weighted by Gasteiger charge is -2.09. The Morgan fingerprint density at radius 2 is 2.19 bits per heavy atom. The Balaban J connectivity index is 1.72. The SMILES string of the molecule is O=C(NCCCn1cc(Br)cn1)Nc1ccc(Cl)cc1Cl. The number of carbonyl (C=O) groups excluding carboxylic acids is 1. The quantitative estimate of drug-likeness (QED) is 0.751. The lowest BCUT2D eigenvalue weighted by atomic mass is 10.3. The molecule has 1 aromatic heterocycles. The molecule has 0 aliphatic rings. The number of amides is 2. The second kappa shape index (κ2) is 7.68. The maximum Gasteiger partial charge on any atom is 0.319 e. The molecule has 0 fully saturated rings. The van der Waals surface area contributed by atoms with Gasteiger partial charge < -0.3 is 10.6 Å². The lowest BCUT2D eigenvalue weighted by Crippen LogP contribution is -2.30. The average molecular weight is 392 g/mol. The van der Waals surface area contributed by atoms with Crippen molar-refractivity contribution in [1.29, 1.82) is 0 Å². The Labute approximate surface area is 140 Å². The zero-order valence-electron chi connectivity index (χ0n) is 10.9. The van der Waals surface area contributed by atoms with Crippen LogP contribution in [0.1, 0.15) is 6.42 Å². The van der Waals surface area contributed by atoms with Crippen LogP contribution < -0.4 is 10.6 Å². The summed E-state index contributed by atoms with van der Waals surface area (Å²) < 4.78 is 2.74. The van der Waals surface area contributed by atoms with Gasteiger partial charge in [-0.15, -0.1) is 0 Å². The molecule has 1 aromatic carbocycles. The van der Waals surface area contributed by atoms with Crippen LogP contribution in [0.25, 0.3) is 0 Å². The van der Waals surface area contributed by atoms with Gasteiger partial charge in [0.1, 0.15) is 0 Å². The van der Waals surface area contributed by atoms with E-state index in [1.54, 1.807) is 29.1 Å². The standard InChI is InChI=1S/C13H13BrCl2N4O/c14-9-7-18-20(8-9)5-1-4-17-13(21)19-12-3-2-10(15)6-11(12)16/h2-3,6-8H,1,4-5H2,(H2,17,19,21). The Kier molecular flexibility index (Phi) is 5.90. The molecule has 0 unspecified atom stereocenters. The van der Waals surface area contributed by atoms with E-state index in [0.29, 0.717) is 22.3 Å². The van der Waals surface area contributed by atoms with Crippen molar-refractivity contribution in [3.05, 3.63) is 45.1 Å². The number of hydrogen-bond donors (Lipinski definition) is 2. The highest BCUT2D eigenvalue weighted by molar-refractivity contribution is 9.10. The highest BCUT2D eigenvalue weighted by Gasteiger charge is 2.05. The zero-order valence-corrected chi connectivity index (χ0v) is 14.0. The number of nitrogens with zero attached hydrogens (tertiary/aromatic N) is 2. The number of benzene rings is 1. The minimum atomic E-state index is -0.305. The van der Waals surface area contributed by atoms with Crippen LogP contribution in [0.4, 0.5) is 10.5 Å². The van der Waals surface area contributed by atoms with Crippen molar-refractivity contribution in [2.45, 2.75) is 13.0 Å². The predicted molar refractivity (Wildman–Crippen MR) is 88.0 cm³/mol. The van der Waals surface area contributed by atoms with Crippen LogP contribution in [-0.2, 0) is 6.54 Å². The summed E-state index contributed by atoms with van der Waals surface area (Å²) in [5, 5.41) is 10.5. The Bertz CT molecular complexity index is 632. The second-order valence-corrected chi connectivity index (χ2v) is 6.04. The number of carbonyl (C=O) groups is 1. The van der Waals surface area contributed by atoms with Crippen LogP contribution in [0.3, 0.4) is 0 Å². The number of aryl methyl sites for hydroxylation is 1. The van der Waals surface area contributed by atoms with Crippen molar-refractivity contribution in [3.8, 4) is 0 Å². The van der Waals surface area contributed by atoms with Gasteiger partial charge in [-0.3, -0.25) is 4.68 Å². The first-order valence-electron chi connectivity index (χ1n) is 6.22. The van der Waals surface area contributed by atoms with E-state index in [9.17, 15) is 4.79 Å². The second-order valence-electron chi connectivity index (χ2n) is 4.28. The number of urea groups is 1. The summed E-state index contributed by atoms with van der Waals surface area (Å²) in [6.07, 6.45) is 4.38. The summed E-state index contributed by atoms with van der Waals surface area (Å²) in [5.41, 5.74) is 0.523. The van der Waals surface area contributed by atoms with Gasteiger partial charge >= 0.3 is 6.03 Å². The molecular weight excluding hydrogens is 379 g/mol. The number of rotatable bonds is 5. The number of halogens is 3. The molecule has 2 N–H and O–H groups in total. The van der Waals surface area contributed by atoms with E-state index in [1.165, 1.54) is 0 Å². The van der Waals surface area contributed by atoms with Crippen LogP contribution >= 0.6 is 39.1 Å². The minimum absolute atomic E-state index is 0.305. The summed E-state index contributed by atoms with van der Waals surface area (Å²) in [6, 6.07) is 4.60. The average Bonchev–Trinajstić information content (AvgIpc) is 2.84. The number of anilines is 1. The van der Waals surface area contributed by atoms with Crippen LogP contribution in [0.5, 0.6) is 0 Å². The van der Waals surface area contributed by atoms with Crippen LogP contribution in [0, 0.1) is 0 Å². The van der Waals surface area contributed by atoms with Gasteiger partial charge in [0.2, 0.25) is 0 Å². The van der Waals surface area contributed by atoms with E-state index in [-0.39, 0.29) is 6.03 Å². The maximum atomic E-state index is 11.7. The summed E-state index contributed by atoms with van der Waals surface area (Å²) in [7, 11) is 0. The van der Waals surface area contributed by atoms with Gasteiger partial charge in [-0.25, -0.2) is 4.79 Å². The van der Waals surface area contributed by atoms with E-state index in [2.05, 4.69) is 31.7 Å². The Morgan fingerprint density at radius 1 is 1.38 bits per heavy atom. The molecular formula is C13H13BrCl2N4O. The van der Waals surface area contributed by atoms with E-state index in [1.807, 2.05) is 6.20 Å². The smallest absolute Gasteiger partial charge is 0.319 e. The molecule has 0 atom stereocenters. The summed E-state index contributed by atoms with van der Waals surface area (Å²) in [6.45, 7) is 1.27. The summed E-state index contributed by atoms with van der Waals surface area (Å²) >= 11 is 15.1. The van der Waals surface area contributed by atoms with Gasteiger partial charge in [-0.2, -0.15) is 5.10 Å². The lowest BCUT2D eigenvalue weighted by molar-refractivity contribution is 0.251. The van der Waals surface area contributed by atoms with Gasteiger partial charge in [0.25, 0.3) is 0 Å². The normalized spacial score (nSPS) is 10.4. The molecule has 21 heavy (non-hydrogen) atoms. The molecule has 0 saturated heterocycles. The third kappa shape index (κ3) is 5.22. The molecule has 2 aromatic rings. The fourth-order valence-corrected chi connectivity index (χ4v) is 2.44. The number of nitrogens with one attached hydrogen (secondary N) is 2. The molecule has 0 aliphatic carbocycles. The van der Waals surface area contributed by atoms with Gasteiger partial charge in [0.15, 0.2) is 0 Å². The van der Waals surface area contributed by atoms with E-state index >= 15 is 0 Å². The summed E-state index contributed by atoms with van der Waals surface area (Å²) in [4.78, 5) is 11.7. The summed E-state index contributed by atoms with van der Waals surface area (Å²) in [5.74, 6) is 0. The topological polar surface area (TPSA) is 59.0 Å². The molecule has 0 spiro atoms. The molecule has 112 valence electrons. The van der Waals surface area contributed by atoms with Crippen molar-refractivity contribution in [2.24, 2.45) is 0 Å². The Morgan fingerprint density at radius 3 is 2.86 bits per heavy atom. The van der Waals surface area contributed by atoms with Crippen LogP contribution in [-0.4, -0.2) is 22.4 Å². The monoisotopic (exact) mass is 390 g/mol. The van der Waals surface area contributed by atoms with Crippen LogP contribution in [0.2, 0.25) is 10.0 Å². The van der Waals surface area contributed by atoms with E-state index in [0.717, 1.165) is 17.4 Å². The van der Waals surface area contributed by atoms with Crippen molar-refractivity contribution in [2.75, 3.05) is 11.9 Å². The molecule has 0 radical (unpaired) electrons.